The molecular formula is C10H14N2O2S. The van der Waals surface area contributed by atoms with Crippen LogP contribution in [0.15, 0.2) is 15.9 Å². The Balaban J connectivity index is 2.21. The molecule has 1 heterocycles. The lowest BCUT2D eigenvalue weighted by atomic mass is 10.1. The molecule has 0 saturated heterocycles. The molecule has 0 aliphatic heterocycles. The highest BCUT2D eigenvalue weighted by atomic mass is 32.1. The van der Waals surface area contributed by atoms with Crippen LogP contribution in [-0.4, -0.2) is 28.8 Å². The number of aromatic nitrogens is 1. The van der Waals surface area contributed by atoms with Gasteiger partial charge in [0.2, 0.25) is 0 Å². The van der Waals surface area contributed by atoms with Gasteiger partial charge in [-0.15, -0.1) is 11.3 Å². The number of hydrogen-bond acceptors (Lipinski definition) is 4. The maximum atomic E-state index is 10.3. The smallest absolute Gasteiger partial charge is 0.303 e. The second-order valence-corrected chi connectivity index (χ2v) is 4.16. The second-order valence-electron chi connectivity index (χ2n) is 3.45. The van der Waals surface area contributed by atoms with Gasteiger partial charge in [0, 0.05) is 24.6 Å². The number of carbonyl (C=O) groups is 1. The topological polar surface area (TPSA) is 62.5 Å². The first-order chi connectivity index (χ1) is 7.18. The Hall–Kier alpha value is -1.23. The first kappa shape index (κ1) is 11.8. The van der Waals surface area contributed by atoms with E-state index >= 15 is 0 Å². The van der Waals surface area contributed by atoms with Crippen LogP contribution in [0.5, 0.6) is 0 Å². The van der Waals surface area contributed by atoms with E-state index in [-0.39, 0.29) is 6.42 Å². The summed E-state index contributed by atoms with van der Waals surface area (Å²) < 4.78 is 0. The van der Waals surface area contributed by atoms with Crippen molar-refractivity contribution in [3.05, 3.63) is 16.6 Å². The number of aliphatic carboxylic acids is 1. The fraction of sp³-hybridized carbons (Fsp3) is 0.500. The number of aliphatic imine (C=N–C) groups is 1. The monoisotopic (exact) mass is 226 g/mol. The average molecular weight is 226 g/mol. The van der Waals surface area contributed by atoms with Crippen molar-refractivity contribution in [3.8, 4) is 0 Å². The Morgan fingerprint density at radius 2 is 2.60 bits per heavy atom. The van der Waals surface area contributed by atoms with Crippen LogP contribution in [0.1, 0.15) is 25.5 Å². The van der Waals surface area contributed by atoms with Gasteiger partial charge < -0.3 is 5.11 Å². The molecule has 1 N–H and O–H groups in total. The van der Waals surface area contributed by atoms with E-state index in [4.69, 9.17) is 5.11 Å². The molecule has 0 fully saturated rings. The number of nitrogens with zero attached hydrogens (tertiary/aromatic N) is 2. The van der Waals surface area contributed by atoms with Crippen LogP contribution in [0.4, 0.5) is 0 Å². The third-order valence-electron chi connectivity index (χ3n) is 1.94. The molecule has 82 valence electrons. The fourth-order valence-corrected chi connectivity index (χ4v) is 1.58. The van der Waals surface area contributed by atoms with Gasteiger partial charge in [-0.2, -0.15) is 0 Å². The highest BCUT2D eigenvalue weighted by Gasteiger charge is 2.03. The third-order valence-corrected chi connectivity index (χ3v) is 2.55. The summed E-state index contributed by atoms with van der Waals surface area (Å²) in [6.07, 6.45) is 2.62. The lowest BCUT2D eigenvalue weighted by molar-refractivity contribution is -0.137. The van der Waals surface area contributed by atoms with Crippen LogP contribution in [0.2, 0.25) is 0 Å². The third kappa shape index (κ3) is 5.27. The summed E-state index contributed by atoms with van der Waals surface area (Å²) in [5.74, 6) is -0.443. The minimum Gasteiger partial charge on any atom is -0.481 e. The van der Waals surface area contributed by atoms with Gasteiger partial charge >= 0.3 is 5.97 Å². The molecule has 1 unspecified atom stereocenters. The Kier molecular flexibility index (Phi) is 4.97. The molecule has 4 nitrogen and oxygen atoms in total. The number of rotatable bonds is 6. The summed E-state index contributed by atoms with van der Waals surface area (Å²) in [5.41, 5.74) is 2.63. The first-order valence-corrected chi connectivity index (χ1v) is 5.72. The van der Waals surface area contributed by atoms with Crippen LogP contribution in [0.3, 0.4) is 0 Å². The minimum atomic E-state index is -0.745. The maximum absolute atomic E-state index is 10.3. The van der Waals surface area contributed by atoms with Gasteiger partial charge in [-0.25, -0.2) is 4.98 Å². The van der Waals surface area contributed by atoms with Gasteiger partial charge in [0.15, 0.2) is 0 Å². The molecule has 0 saturated carbocycles. The van der Waals surface area contributed by atoms with E-state index in [0.29, 0.717) is 18.9 Å². The number of carboxylic acids is 1. The van der Waals surface area contributed by atoms with E-state index in [9.17, 15) is 4.79 Å². The minimum absolute atomic E-state index is 0.216. The largest absolute Gasteiger partial charge is 0.481 e. The summed E-state index contributed by atoms with van der Waals surface area (Å²) in [5, 5.41) is 10.4. The molecule has 0 aromatic carbocycles. The van der Waals surface area contributed by atoms with Crippen molar-refractivity contribution >= 4 is 23.5 Å². The zero-order valence-corrected chi connectivity index (χ0v) is 9.41. The summed E-state index contributed by atoms with van der Waals surface area (Å²) in [7, 11) is 0. The molecule has 0 radical (unpaired) electrons. The lowest BCUT2D eigenvalue weighted by Crippen LogP contribution is -2.04. The van der Waals surface area contributed by atoms with Crippen molar-refractivity contribution in [1.82, 2.24) is 4.98 Å². The van der Waals surface area contributed by atoms with Crippen molar-refractivity contribution in [2.45, 2.75) is 19.8 Å². The average Bonchev–Trinajstić information content (AvgIpc) is 2.67. The van der Waals surface area contributed by atoms with Crippen LogP contribution in [0.25, 0.3) is 0 Å². The molecule has 0 aliphatic carbocycles. The molecule has 1 aromatic heterocycles. The van der Waals surface area contributed by atoms with Crippen LogP contribution in [0, 0.1) is 5.92 Å². The highest BCUT2D eigenvalue weighted by Crippen LogP contribution is 2.06. The molecule has 1 aromatic rings. The Bertz CT molecular complexity index is 322. The molecule has 15 heavy (non-hydrogen) atoms. The maximum Gasteiger partial charge on any atom is 0.303 e. The van der Waals surface area contributed by atoms with Crippen molar-refractivity contribution in [3.63, 3.8) is 0 Å². The Morgan fingerprint density at radius 3 is 3.20 bits per heavy atom. The van der Waals surface area contributed by atoms with Crippen LogP contribution < -0.4 is 0 Å². The lowest BCUT2D eigenvalue weighted by Gasteiger charge is -2.04. The number of carboxylic acid groups (broad SMARTS) is 1. The molecule has 1 rings (SSSR count). The van der Waals surface area contributed by atoms with Gasteiger partial charge in [0.1, 0.15) is 0 Å². The van der Waals surface area contributed by atoms with Gasteiger partial charge in [-0.3, -0.25) is 9.79 Å². The molecule has 0 spiro atoms. The van der Waals surface area contributed by atoms with Gasteiger partial charge in [-0.1, -0.05) is 6.92 Å². The zero-order valence-electron chi connectivity index (χ0n) is 8.59. The first-order valence-electron chi connectivity index (χ1n) is 4.78. The number of hydrogen-bond donors (Lipinski definition) is 1. The predicted molar refractivity (Wildman–Crippen MR) is 60.6 cm³/mol. The molecule has 0 aliphatic rings. The van der Waals surface area contributed by atoms with Crippen molar-refractivity contribution in [2.24, 2.45) is 10.9 Å². The standard InChI is InChI=1S/C10H14N2O2S/c1-8(2-3-10(13)14)4-11-5-9-6-15-7-12-9/h5-8H,2-4H2,1H3,(H,13,14). The van der Waals surface area contributed by atoms with Gasteiger partial charge in [0.25, 0.3) is 0 Å². The molecule has 1 atom stereocenters. The molecule has 0 bridgehead atoms. The van der Waals surface area contributed by atoms with Crippen molar-refractivity contribution < 1.29 is 9.90 Å². The summed E-state index contributed by atoms with van der Waals surface area (Å²) in [6.45, 7) is 2.66. The van der Waals surface area contributed by atoms with Crippen LogP contribution in [-0.2, 0) is 4.79 Å². The van der Waals surface area contributed by atoms with Crippen molar-refractivity contribution in [1.29, 1.82) is 0 Å². The Morgan fingerprint density at radius 1 is 1.80 bits per heavy atom. The van der Waals surface area contributed by atoms with E-state index in [0.717, 1.165) is 5.69 Å². The molecular weight excluding hydrogens is 212 g/mol. The van der Waals surface area contributed by atoms with Gasteiger partial charge in [-0.05, 0) is 12.3 Å². The normalized spacial score (nSPS) is 13.1. The van der Waals surface area contributed by atoms with Crippen LogP contribution >= 0.6 is 11.3 Å². The second kappa shape index (κ2) is 6.29. The van der Waals surface area contributed by atoms with E-state index < -0.39 is 5.97 Å². The molecule has 0 amide bonds. The van der Waals surface area contributed by atoms with E-state index in [1.54, 1.807) is 11.7 Å². The zero-order chi connectivity index (χ0) is 11.1. The van der Waals surface area contributed by atoms with Gasteiger partial charge in [0.05, 0.1) is 11.2 Å². The predicted octanol–water partition coefficient (Wildman–Crippen LogP) is 2.06. The van der Waals surface area contributed by atoms with Crippen molar-refractivity contribution in [2.75, 3.05) is 6.54 Å². The van der Waals surface area contributed by atoms with E-state index in [2.05, 4.69) is 9.98 Å². The van der Waals surface area contributed by atoms with E-state index in [1.807, 2.05) is 12.3 Å². The summed E-state index contributed by atoms with van der Waals surface area (Å²) in [4.78, 5) is 18.6. The van der Waals surface area contributed by atoms with E-state index in [1.165, 1.54) is 11.3 Å². The molecule has 5 heteroatoms. The number of thiazole rings is 1. The quantitative estimate of drug-likeness (QED) is 0.755. The SMILES string of the molecule is CC(CCC(=O)O)CN=Cc1cscn1. The highest BCUT2D eigenvalue weighted by molar-refractivity contribution is 7.07. The fourth-order valence-electron chi connectivity index (χ4n) is 1.07. The Labute approximate surface area is 92.7 Å². The summed E-state index contributed by atoms with van der Waals surface area (Å²) >= 11 is 1.53. The summed E-state index contributed by atoms with van der Waals surface area (Å²) in [6, 6.07) is 0.